The summed E-state index contributed by atoms with van der Waals surface area (Å²) in [5.41, 5.74) is 4.33. The summed E-state index contributed by atoms with van der Waals surface area (Å²) in [5.74, 6) is 3.65. The second kappa shape index (κ2) is 24.2. The molecule has 0 unspecified atom stereocenters. The molecule has 336 valence electrons. The van der Waals surface area contributed by atoms with Crippen LogP contribution in [0.2, 0.25) is 0 Å². The highest BCUT2D eigenvalue weighted by Crippen LogP contribution is 2.26. The number of carbonyl (C=O) groups is 7. The Morgan fingerprint density at radius 1 is 0.730 bits per heavy atom. The Kier molecular flexibility index (Phi) is 18.9. The minimum Gasteiger partial charge on any atom is -0.465 e. The number of ether oxygens (including phenoxy) is 2. The SMILES string of the molecule is CC(C)[C@H](NC(=O)CCCC(=O)NCCC(=O)N1Cc2ccccc2C#Cc2ccccc21)C(=O)C[C@@H](C)C(=O)Nc1ccc(COC(=O)NCCCC(=O)OCC(C)(C)C)cc1. The highest BCUT2D eigenvalue weighted by atomic mass is 16.5. The van der Waals surface area contributed by atoms with Crippen LogP contribution < -0.4 is 26.2 Å². The van der Waals surface area contributed by atoms with Gasteiger partial charge in [-0.15, -0.1) is 0 Å². The lowest BCUT2D eigenvalue weighted by Gasteiger charge is -2.26. The van der Waals surface area contributed by atoms with Gasteiger partial charge >= 0.3 is 12.1 Å². The molecule has 1 aliphatic heterocycles. The molecule has 3 aromatic carbocycles. The largest absolute Gasteiger partial charge is 0.465 e. The van der Waals surface area contributed by atoms with E-state index >= 15 is 0 Å². The molecule has 0 radical (unpaired) electrons. The number of anilines is 2. The smallest absolute Gasteiger partial charge is 0.407 e. The number of ketones is 1. The molecule has 5 amide bonds. The molecule has 0 fully saturated rings. The fourth-order valence-electron chi connectivity index (χ4n) is 6.48. The van der Waals surface area contributed by atoms with Gasteiger partial charge in [-0.05, 0) is 65.6 Å². The van der Waals surface area contributed by atoms with Crippen molar-refractivity contribution in [2.45, 2.75) is 106 Å². The van der Waals surface area contributed by atoms with Crippen molar-refractivity contribution in [3.63, 3.8) is 0 Å². The molecule has 3 aromatic rings. The van der Waals surface area contributed by atoms with Crippen molar-refractivity contribution in [2.24, 2.45) is 17.3 Å². The van der Waals surface area contributed by atoms with E-state index in [1.807, 2.05) is 83.1 Å². The van der Waals surface area contributed by atoms with Gasteiger partial charge in [0, 0.05) is 67.9 Å². The minimum atomic E-state index is -0.814. The number of benzene rings is 3. The Bertz CT molecular complexity index is 2150. The lowest BCUT2D eigenvalue weighted by Crippen LogP contribution is -2.45. The lowest BCUT2D eigenvalue weighted by molar-refractivity contribution is -0.146. The summed E-state index contributed by atoms with van der Waals surface area (Å²) in [6, 6.07) is 21.1. The number of hydrogen-bond acceptors (Lipinski definition) is 9. The molecule has 0 aliphatic carbocycles. The number of nitrogens with zero attached hydrogens (tertiary/aromatic N) is 1. The molecule has 0 aromatic heterocycles. The fourth-order valence-corrected chi connectivity index (χ4v) is 6.48. The number of alkyl carbamates (subject to hydrolysis) is 1. The van der Waals surface area contributed by atoms with Crippen LogP contribution in [0.3, 0.4) is 0 Å². The number of fused-ring (bicyclic) bond motifs is 2. The topological polar surface area (TPSA) is 189 Å². The molecule has 4 rings (SSSR count). The highest BCUT2D eigenvalue weighted by molar-refractivity contribution is 5.97. The summed E-state index contributed by atoms with van der Waals surface area (Å²) >= 11 is 0. The van der Waals surface area contributed by atoms with Crippen molar-refractivity contribution < 1.29 is 43.0 Å². The van der Waals surface area contributed by atoms with Crippen LogP contribution in [0, 0.1) is 29.1 Å². The predicted molar refractivity (Wildman–Crippen MR) is 240 cm³/mol. The van der Waals surface area contributed by atoms with Crippen molar-refractivity contribution in [1.29, 1.82) is 0 Å². The molecular formula is C49H61N5O9. The van der Waals surface area contributed by atoms with E-state index in [2.05, 4.69) is 33.1 Å². The van der Waals surface area contributed by atoms with E-state index in [1.54, 1.807) is 36.1 Å². The standard InChI is InChI=1S/C49H61N5O9/c1-33(2)46(41(55)29-34(3)47(60)52-39-24-20-35(21-25-39)31-62-48(61)51-27-12-19-45(59)63-32-49(4,5)6)53-43(57)18-11-17-42(56)50-28-26-44(58)54-30-38-15-8-7-13-36(38)22-23-37-14-9-10-16-40(37)54/h7-10,13-16,20-21,24-25,33-34,46H,11-12,17-19,26-32H2,1-6H3,(H,50,56)(H,51,61)(H,52,60)(H,53,57)/t34-,46+/m1/s1. The average Bonchev–Trinajstić information content (AvgIpc) is 3.23. The Balaban J connectivity index is 1.12. The second-order valence-corrected chi connectivity index (χ2v) is 17.2. The molecule has 2 atom stereocenters. The Morgan fingerprint density at radius 3 is 2.11 bits per heavy atom. The lowest BCUT2D eigenvalue weighted by atomic mass is 9.92. The second-order valence-electron chi connectivity index (χ2n) is 17.2. The van der Waals surface area contributed by atoms with Crippen molar-refractivity contribution in [3.8, 4) is 11.8 Å². The first kappa shape index (κ1) is 49.2. The van der Waals surface area contributed by atoms with Gasteiger partial charge in [0.15, 0.2) is 5.78 Å². The quantitative estimate of drug-likeness (QED) is 0.0521. The first-order valence-electron chi connectivity index (χ1n) is 21.5. The molecule has 1 aliphatic rings. The van der Waals surface area contributed by atoms with Crippen molar-refractivity contribution in [1.82, 2.24) is 16.0 Å². The molecular weight excluding hydrogens is 803 g/mol. The van der Waals surface area contributed by atoms with Crippen LogP contribution in [0.5, 0.6) is 0 Å². The summed E-state index contributed by atoms with van der Waals surface area (Å²) in [5, 5.41) is 11.0. The molecule has 1 heterocycles. The van der Waals surface area contributed by atoms with Gasteiger partial charge in [-0.2, -0.15) is 0 Å². The molecule has 0 saturated carbocycles. The summed E-state index contributed by atoms with van der Waals surface area (Å²) in [7, 11) is 0. The molecule has 14 nitrogen and oxygen atoms in total. The van der Waals surface area contributed by atoms with E-state index in [4.69, 9.17) is 9.47 Å². The van der Waals surface area contributed by atoms with Crippen molar-refractivity contribution in [2.75, 3.05) is 29.9 Å². The maximum atomic E-state index is 13.4. The van der Waals surface area contributed by atoms with Gasteiger partial charge in [0.2, 0.25) is 23.6 Å². The van der Waals surface area contributed by atoms with Crippen molar-refractivity contribution in [3.05, 3.63) is 95.1 Å². The molecule has 0 spiro atoms. The van der Waals surface area contributed by atoms with E-state index < -0.39 is 18.1 Å². The number of rotatable bonds is 21. The average molecular weight is 864 g/mol. The van der Waals surface area contributed by atoms with Gasteiger partial charge in [0.25, 0.3) is 0 Å². The normalized spacial score (nSPS) is 12.7. The monoisotopic (exact) mass is 863 g/mol. The molecule has 0 saturated heterocycles. The van der Waals surface area contributed by atoms with E-state index in [9.17, 15) is 33.6 Å². The van der Waals surface area contributed by atoms with Crippen LogP contribution in [-0.4, -0.2) is 67.2 Å². The number of para-hydroxylation sites is 1. The summed E-state index contributed by atoms with van der Waals surface area (Å²) < 4.78 is 10.4. The third-order valence-electron chi connectivity index (χ3n) is 10.0. The van der Waals surface area contributed by atoms with Gasteiger partial charge in [-0.25, -0.2) is 4.79 Å². The van der Waals surface area contributed by atoms with Gasteiger partial charge in [-0.3, -0.25) is 28.8 Å². The van der Waals surface area contributed by atoms with Crippen LogP contribution >= 0.6 is 0 Å². The summed E-state index contributed by atoms with van der Waals surface area (Å²) in [6.07, 6.45) is 0.296. The highest BCUT2D eigenvalue weighted by Gasteiger charge is 2.28. The third-order valence-corrected chi connectivity index (χ3v) is 10.0. The zero-order chi connectivity index (χ0) is 45.9. The van der Waals surface area contributed by atoms with E-state index in [0.29, 0.717) is 30.8 Å². The van der Waals surface area contributed by atoms with E-state index in [0.717, 1.165) is 22.4 Å². The maximum absolute atomic E-state index is 13.4. The van der Waals surface area contributed by atoms with Gasteiger partial charge in [-0.1, -0.05) is 95.8 Å². The van der Waals surface area contributed by atoms with Crippen LogP contribution in [-0.2, 0) is 51.4 Å². The number of Topliss-reactive ketones (excluding diaryl/α,β-unsaturated/α-hetero) is 1. The first-order valence-corrected chi connectivity index (χ1v) is 21.5. The van der Waals surface area contributed by atoms with Gasteiger partial charge < -0.3 is 35.6 Å². The number of nitrogens with one attached hydrogen (secondary N) is 4. The number of esters is 1. The van der Waals surface area contributed by atoms with E-state index in [1.165, 1.54) is 0 Å². The van der Waals surface area contributed by atoms with Crippen LogP contribution in [0.1, 0.15) is 109 Å². The van der Waals surface area contributed by atoms with Crippen molar-refractivity contribution >= 4 is 52.8 Å². The molecule has 4 N–H and O–H groups in total. The van der Waals surface area contributed by atoms with Crippen LogP contribution in [0.15, 0.2) is 72.8 Å². The maximum Gasteiger partial charge on any atom is 0.407 e. The zero-order valence-electron chi connectivity index (χ0n) is 37.3. The minimum absolute atomic E-state index is 0.00127. The number of carbonyl (C=O) groups excluding carboxylic acids is 7. The Morgan fingerprint density at radius 2 is 1.40 bits per heavy atom. The molecule has 63 heavy (non-hydrogen) atoms. The first-order chi connectivity index (χ1) is 30.0. The van der Waals surface area contributed by atoms with E-state index in [-0.39, 0.29) is 105 Å². The molecule has 14 heteroatoms. The predicted octanol–water partition coefficient (Wildman–Crippen LogP) is 6.58. The third kappa shape index (κ3) is 17.1. The van der Waals surface area contributed by atoms with Crippen LogP contribution in [0.4, 0.5) is 16.2 Å². The Labute approximate surface area is 370 Å². The van der Waals surface area contributed by atoms with Gasteiger partial charge in [0.1, 0.15) is 6.61 Å². The Hall–Kier alpha value is -6.49. The van der Waals surface area contributed by atoms with Crippen LogP contribution in [0.25, 0.3) is 0 Å². The summed E-state index contributed by atoms with van der Waals surface area (Å²) in [6.45, 7) is 12.2. The van der Waals surface area contributed by atoms with Gasteiger partial charge in [0.05, 0.1) is 24.9 Å². The molecule has 0 bridgehead atoms. The number of hydrogen-bond donors (Lipinski definition) is 4. The zero-order valence-corrected chi connectivity index (χ0v) is 37.3. The summed E-state index contributed by atoms with van der Waals surface area (Å²) in [4.78, 5) is 90.9. The number of amides is 5. The fraction of sp³-hybridized carbons (Fsp3) is 0.449.